The first-order valence-electron chi connectivity index (χ1n) is 8.47. The molecule has 3 nitrogen and oxygen atoms in total. The second kappa shape index (κ2) is 8.51. The van der Waals surface area contributed by atoms with E-state index in [9.17, 15) is 18.0 Å². The Morgan fingerprint density at radius 2 is 2.00 bits per heavy atom. The molecule has 6 heteroatoms. The number of nitrogens with one attached hydrogen (secondary N) is 1. The van der Waals surface area contributed by atoms with Gasteiger partial charge in [0, 0.05) is 26.6 Å². The van der Waals surface area contributed by atoms with E-state index in [2.05, 4.69) is 10.2 Å². The summed E-state index contributed by atoms with van der Waals surface area (Å²) in [5.41, 5.74) is 0.322. The lowest BCUT2D eigenvalue weighted by Crippen LogP contribution is -2.35. The molecule has 1 aliphatic heterocycles. The molecule has 1 fully saturated rings. The first-order valence-corrected chi connectivity index (χ1v) is 8.47. The number of alkyl halides is 3. The summed E-state index contributed by atoms with van der Waals surface area (Å²) in [7, 11) is 0. The van der Waals surface area contributed by atoms with Crippen LogP contribution in [0.25, 0.3) is 0 Å². The van der Waals surface area contributed by atoms with Crippen molar-refractivity contribution in [1.82, 2.24) is 10.2 Å². The molecule has 134 valence electrons. The number of piperidine rings is 1. The van der Waals surface area contributed by atoms with Crippen LogP contribution in [0.2, 0.25) is 0 Å². The van der Waals surface area contributed by atoms with Gasteiger partial charge in [0.25, 0.3) is 0 Å². The zero-order valence-electron chi connectivity index (χ0n) is 14.0. The minimum Gasteiger partial charge on any atom is -0.356 e. The van der Waals surface area contributed by atoms with Crippen LogP contribution in [0, 0.1) is 5.92 Å². The van der Waals surface area contributed by atoms with Crippen LogP contribution in [0.15, 0.2) is 24.3 Å². The van der Waals surface area contributed by atoms with Crippen LogP contribution in [-0.2, 0) is 17.5 Å². The molecule has 2 rings (SSSR count). The van der Waals surface area contributed by atoms with Crippen LogP contribution >= 0.6 is 0 Å². The van der Waals surface area contributed by atoms with Gasteiger partial charge in [0.1, 0.15) is 0 Å². The van der Waals surface area contributed by atoms with Gasteiger partial charge < -0.3 is 5.32 Å². The normalized spacial score (nSPS) is 19.2. The number of amides is 1. The SMILES string of the molecule is CC(=O)NCCC[C@H]1CCCN(Cc2ccc(C(F)(F)F)cc2)C1. The molecule has 1 aromatic rings. The van der Waals surface area contributed by atoms with Crippen molar-refractivity contribution in [3.8, 4) is 0 Å². The number of nitrogens with zero attached hydrogens (tertiary/aromatic N) is 1. The number of benzene rings is 1. The van der Waals surface area contributed by atoms with E-state index >= 15 is 0 Å². The molecular weight excluding hydrogens is 317 g/mol. The van der Waals surface area contributed by atoms with E-state index in [4.69, 9.17) is 0 Å². The Morgan fingerprint density at radius 1 is 1.29 bits per heavy atom. The van der Waals surface area contributed by atoms with Crippen LogP contribution in [0.3, 0.4) is 0 Å². The molecule has 1 saturated heterocycles. The Morgan fingerprint density at radius 3 is 2.62 bits per heavy atom. The number of carbonyl (C=O) groups is 1. The van der Waals surface area contributed by atoms with Gasteiger partial charge in [-0.3, -0.25) is 9.69 Å². The van der Waals surface area contributed by atoms with E-state index in [1.165, 1.54) is 13.3 Å². The summed E-state index contributed by atoms with van der Waals surface area (Å²) in [4.78, 5) is 13.2. The average Bonchev–Trinajstić information content (AvgIpc) is 2.51. The first kappa shape index (κ1) is 18.8. The monoisotopic (exact) mass is 342 g/mol. The van der Waals surface area contributed by atoms with Crippen LogP contribution in [0.5, 0.6) is 0 Å². The summed E-state index contributed by atoms with van der Waals surface area (Å²) in [6.45, 7) is 4.89. The Labute approximate surface area is 141 Å². The molecule has 1 aliphatic rings. The van der Waals surface area contributed by atoms with Crippen molar-refractivity contribution in [2.75, 3.05) is 19.6 Å². The zero-order chi connectivity index (χ0) is 17.6. The number of halogens is 3. The third-order valence-corrected chi connectivity index (χ3v) is 4.45. The molecule has 0 radical (unpaired) electrons. The molecule has 0 unspecified atom stereocenters. The fourth-order valence-electron chi connectivity index (χ4n) is 3.24. The van der Waals surface area contributed by atoms with Gasteiger partial charge in [0.15, 0.2) is 0 Å². The van der Waals surface area contributed by atoms with Gasteiger partial charge in [-0.15, -0.1) is 0 Å². The standard InChI is InChI=1S/C18H25F3N2O/c1-14(24)22-10-2-4-15-5-3-11-23(12-15)13-16-6-8-17(9-7-16)18(19,20)21/h6-9,15H,2-5,10-13H2,1H3,(H,22,24)/t15-/m0/s1. The van der Waals surface area contributed by atoms with E-state index in [0.29, 0.717) is 19.0 Å². The summed E-state index contributed by atoms with van der Waals surface area (Å²) in [6.07, 6.45) is 0.0693. The molecular formula is C18H25F3N2O. The lowest BCUT2D eigenvalue weighted by Gasteiger charge is -2.33. The first-order chi connectivity index (χ1) is 11.3. The van der Waals surface area contributed by atoms with Gasteiger partial charge in [-0.2, -0.15) is 13.2 Å². The van der Waals surface area contributed by atoms with Crippen molar-refractivity contribution in [2.24, 2.45) is 5.92 Å². The maximum absolute atomic E-state index is 12.6. The van der Waals surface area contributed by atoms with Crippen molar-refractivity contribution in [3.63, 3.8) is 0 Å². The van der Waals surface area contributed by atoms with E-state index < -0.39 is 11.7 Å². The van der Waals surface area contributed by atoms with E-state index in [1.807, 2.05) is 0 Å². The third kappa shape index (κ3) is 6.15. The van der Waals surface area contributed by atoms with Crippen LogP contribution in [0.1, 0.15) is 43.7 Å². The average molecular weight is 342 g/mol. The largest absolute Gasteiger partial charge is 0.416 e. The number of rotatable bonds is 6. The quantitative estimate of drug-likeness (QED) is 0.797. The van der Waals surface area contributed by atoms with Crippen LogP contribution in [-0.4, -0.2) is 30.4 Å². The van der Waals surface area contributed by atoms with Crippen molar-refractivity contribution in [2.45, 2.75) is 45.3 Å². The topological polar surface area (TPSA) is 32.3 Å². The van der Waals surface area contributed by atoms with E-state index in [1.54, 1.807) is 12.1 Å². The number of hydrogen-bond acceptors (Lipinski definition) is 2. The zero-order valence-corrected chi connectivity index (χ0v) is 14.0. The second-order valence-corrected chi connectivity index (χ2v) is 6.56. The maximum Gasteiger partial charge on any atom is 0.416 e. The number of likely N-dealkylation sites (tertiary alicyclic amines) is 1. The van der Waals surface area contributed by atoms with Crippen molar-refractivity contribution >= 4 is 5.91 Å². The van der Waals surface area contributed by atoms with E-state index in [-0.39, 0.29) is 5.91 Å². The van der Waals surface area contributed by atoms with Gasteiger partial charge in [-0.1, -0.05) is 12.1 Å². The summed E-state index contributed by atoms with van der Waals surface area (Å²) in [5, 5.41) is 2.81. The van der Waals surface area contributed by atoms with Gasteiger partial charge in [0.2, 0.25) is 5.91 Å². The molecule has 1 aromatic carbocycles. The Balaban J connectivity index is 1.79. The predicted molar refractivity (Wildman–Crippen MR) is 87.4 cm³/mol. The molecule has 1 amide bonds. The van der Waals surface area contributed by atoms with E-state index in [0.717, 1.165) is 50.0 Å². The summed E-state index contributed by atoms with van der Waals surface area (Å²) in [6, 6.07) is 5.46. The molecule has 1 N–H and O–H groups in total. The summed E-state index contributed by atoms with van der Waals surface area (Å²) in [5.74, 6) is 0.601. The molecule has 0 aliphatic carbocycles. The third-order valence-electron chi connectivity index (χ3n) is 4.45. The molecule has 0 spiro atoms. The molecule has 24 heavy (non-hydrogen) atoms. The highest BCUT2D eigenvalue weighted by atomic mass is 19.4. The smallest absolute Gasteiger partial charge is 0.356 e. The minimum absolute atomic E-state index is 0.00238. The second-order valence-electron chi connectivity index (χ2n) is 6.56. The Bertz CT molecular complexity index is 528. The lowest BCUT2D eigenvalue weighted by molar-refractivity contribution is -0.137. The predicted octanol–water partition coefficient (Wildman–Crippen LogP) is 3.83. The van der Waals surface area contributed by atoms with Crippen molar-refractivity contribution in [1.29, 1.82) is 0 Å². The molecule has 0 aromatic heterocycles. The van der Waals surface area contributed by atoms with Gasteiger partial charge in [-0.25, -0.2) is 0 Å². The number of carbonyl (C=O) groups excluding carboxylic acids is 1. The van der Waals surface area contributed by atoms with Crippen molar-refractivity contribution in [3.05, 3.63) is 35.4 Å². The Hall–Kier alpha value is -1.56. The van der Waals surface area contributed by atoms with Crippen LogP contribution in [0.4, 0.5) is 13.2 Å². The van der Waals surface area contributed by atoms with Gasteiger partial charge in [0.05, 0.1) is 5.56 Å². The summed E-state index contributed by atoms with van der Waals surface area (Å²) >= 11 is 0. The van der Waals surface area contributed by atoms with Gasteiger partial charge >= 0.3 is 6.18 Å². The summed E-state index contributed by atoms with van der Waals surface area (Å²) < 4.78 is 37.8. The minimum atomic E-state index is -4.28. The molecule has 1 heterocycles. The van der Waals surface area contributed by atoms with Gasteiger partial charge in [-0.05, 0) is 55.8 Å². The molecule has 1 atom stereocenters. The number of hydrogen-bond donors (Lipinski definition) is 1. The van der Waals surface area contributed by atoms with Crippen LogP contribution < -0.4 is 5.32 Å². The highest BCUT2D eigenvalue weighted by molar-refractivity contribution is 5.72. The van der Waals surface area contributed by atoms with Crippen molar-refractivity contribution < 1.29 is 18.0 Å². The fourth-order valence-corrected chi connectivity index (χ4v) is 3.24. The highest BCUT2D eigenvalue weighted by Gasteiger charge is 2.30. The Kier molecular flexibility index (Phi) is 6.66. The highest BCUT2D eigenvalue weighted by Crippen LogP contribution is 2.29. The fraction of sp³-hybridized carbons (Fsp3) is 0.611. The maximum atomic E-state index is 12.6. The lowest BCUT2D eigenvalue weighted by atomic mass is 9.93. The molecule has 0 saturated carbocycles. The molecule has 0 bridgehead atoms.